The number of fused-ring (bicyclic) bond motifs is 1. The van der Waals surface area contributed by atoms with Crippen molar-refractivity contribution in [3.63, 3.8) is 0 Å². The molecule has 6 heteroatoms. The van der Waals surface area contributed by atoms with Crippen molar-refractivity contribution in [2.24, 2.45) is 0 Å². The number of nitrogens with one attached hydrogen (secondary N) is 1. The lowest BCUT2D eigenvalue weighted by Gasteiger charge is -2.18. The zero-order valence-electron chi connectivity index (χ0n) is 10.6. The van der Waals surface area contributed by atoms with E-state index in [9.17, 15) is 13.2 Å². The molecule has 0 aliphatic carbocycles. The summed E-state index contributed by atoms with van der Waals surface area (Å²) in [5, 5.41) is 2.96. The lowest BCUT2D eigenvalue weighted by molar-refractivity contribution is -0.175. The molecule has 1 atom stereocenters. The van der Waals surface area contributed by atoms with Gasteiger partial charge in [-0.1, -0.05) is 18.2 Å². The zero-order valence-corrected chi connectivity index (χ0v) is 10.6. The Hall–Kier alpha value is -1.11. The molecule has 19 heavy (non-hydrogen) atoms. The number of hydrogen-bond donors (Lipinski definition) is 1. The summed E-state index contributed by atoms with van der Waals surface area (Å²) in [6.45, 7) is -0.0810. The summed E-state index contributed by atoms with van der Waals surface area (Å²) in [6.07, 6.45) is -4.29. The van der Waals surface area contributed by atoms with E-state index in [-0.39, 0.29) is 12.6 Å². The van der Waals surface area contributed by atoms with E-state index in [1.807, 2.05) is 18.2 Å². The van der Waals surface area contributed by atoms with Crippen molar-refractivity contribution >= 4 is 0 Å². The third-order valence-electron chi connectivity index (χ3n) is 3.05. The molecule has 0 fully saturated rings. The monoisotopic (exact) mass is 275 g/mol. The summed E-state index contributed by atoms with van der Waals surface area (Å²) in [5.41, 5.74) is 3.14. The van der Waals surface area contributed by atoms with Crippen molar-refractivity contribution in [1.82, 2.24) is 5.32 Å². The average molecular weight is 275 g/mol. The summed E-state index contributed by atoms with van der Waals surface area (Å²) >= 11 is 0. The van der Waals surface area contributed by atoms with E-state index in [0.717, 1.165) is 16.7 Å². The second kappa shape index (κ2) is 5.90. The molecule has 1 N–H and O–H groups in total. The zero-order chi connectivity index (χ0) is 13.9. The van der Waals surface area contributed by atoms with Crippen LogP contribution in [0, 0.1) is 0 Å². The Labute approximate surface area is 109 Å². The standard InChI is InChI=1S/C13H16F3NO2/c1-17-12(7-19-8-13(14,15)16)9-2-3-10-5-18-6-11(10)4-9/h2-4,12,17H,5-8H2,1H3. The highest BCUT2D eigenvalue weighted by Crippen LogP contribution is 2.24. The van der Waals surface area contributed by atoms with E-state index in [2.05, 4.69) is 5.32 Å². The van der Waals surface area contributed by atoms with E-state index in [4.69, 9.17) is 9.47 Å². The van der Waals surface area contributed by atoms with Crippen LogP contribution < -0.4 is 5.32 Å². The fourth-order valence-corrected chi connectivity index (χ4v) is 2.05. The first-order chi connectivity index (χ1) is 8.99. The number of benzene rings is 1. The molecule has 0 spiro atoms. The molecule has 0 saturated heterocycles. The maximum absolute atomic E-state index is 12.0. The van der Waals surface area contributed by atoms with Gasteiger partial charge in [-0.3, -0.25) is 0 Å². The Morgan fingerprint density at radius 2 is 2.05 bits per heavy atom. The quantitative estimate of drug-likeness (QED) is 0.896. The van der Waals surface area contributed by atoms with Crippen LogP contribution in [0.2, 0.25) is 0 Å². The maximum atomic E-state index is 12.0. The number of likely N-dealkylation sites (N-methyl/N-ethyl adjacent to an activating group) is 1. The number of ether oxygens (including phenoxy) is 2. The number of hydrogen-bond acceptors (Lipinski definition) is 3. The summed E-state index contributed by atoms with van der Waals surface area (Å²) < 4.78 is 46.1. The lowest BCUT2D eigenvalue weighted by atomic mass is 10.0. The minimum atomic E-state index is -4.29. The molecule has 1 heterocycles. The van der Waals surface area contributed by atoms with Gasteiger partial charge in [0.1, 0.15) is 6.61 Å². The predicted octanol–water partition coefficient (Wildman–Crippen LogP) is 2.56. The van der Waals surface area contributed by atoms with E-state index >= 15 is 0 Å². The van der Waals surface area contributed by atoms with Crippen molar-refractivity contribution in [3.05, 3.63) is 34.9 Å². The van der Waals surface area contributed by atoms with Crippen LogP contribution in [0.3, 0.4) is 0 Å². The van der Waals surface area contributed by atoms with Crippen molar-refractivity contribution in [2.75, 3.05) is 20.3 Å². The SMILES string of the molecule is CNC(COCC(F)(F)F)c1ccc2c(c1)COC2. The van der Waals surface area contributed by atoms with Gasteiger partial charge in [0.25, 0.3) is 0 Å². The largest absolute Gasteiger partial charge is 0.411 e. The molecular formula is C13H16F3NO2. The molecule has 0 amide bonds. The molecule has 0 saturated carbocycles. The van der Waals surface area contributed by atoms with Gasteiger partial charge >= 0.3 is 6.18 Å². The van der Waals surface area contributed by atoms with Crippen LogP contribution >= 0.6 is 0 Å². The maximum Gasteiger partial charge on any atom is 0.411 e. The molecule has 0 bridgehead atoms. The first kappa shape index (κ1) is 14.3. The second-order valence-corrected chi connectivity index (χ2v) is 4.49. The minimum Gasteiger partial charge on any atom is -0.372 e. The topological polar surface area (TPSA) is 30.5 Å². The van der Waals surface area contributed by atoms with Gasteiger partial charge in [0.15, 0.2) is 0 Å². The highest BCUT2D eigenvalue weighted by Gasteiger charge is 2.28. The molecule has 0 radical (unpaired) electrons. The van der Waals surface area contributed by atoms with Crippen LogP contribution in [0.15, 0.2) is 18.2 Å². The van der Waals surface area contributed by atoms with Crippen LogP contribution in [0.1, 0.15) is 22.7 Å². The molecule has 1 aromatic rings. The number of halogens is 3. The smallest absolute Gasteiger partial charge is 0.372 e. The van der Waals surface area contributed by atoms with Gasteiger partial charge in [-0.25, -0.2) is 0 Å². The normalized spacial score (nSPS) is 16.4. The van der Waals surface area contributed by atoms with Gasteiger partial charge in [0.2, 0.25) is 0 Å². The molecule has 2 rings (SSSR count). The summed E-state index contributed by atoms with van der Waals surface area (Å²) in [7, 11) is 1.70. The predicted molar refractivity (Wildman–Crippen MR) is 63.6 cm³/mol. The molecule has 1 aromatic carbocycles. The van der Waals surface area contributed by atoms with Crippen molar-refractivity contribution < 1.29 is 22.6 Å². The molecule has 1 unspecified atom stereocenters. The van der Waals surface area contributed by atoms with Crippen LogP contribution in [0.5, 0.6) is 0 Å². The highest BCUT2D eigenvalue weighted by atomic mass is 19.4. The Morgan fingerprint density at radius 1 is 1.32 bits per heavy atom. The minimum absolute atomic E-state index is 0.0182. The van der Waals surface area contributed by atoms with E-state index in [1.165, 1.54) is 0 Å². The highest BCUT2D eigenvalue weighted by molar-refractivity contribution is 5.34. The summed E-state index contributed by atoms with van der Waals surface area (Å²) in [4.78, 5) is 0. The first-order valence-electron chi connectivity index (χ1n) is 6.01. The second-order valence-electron chi connectivity index (χ2n) is 4.49. The summed E-state index contributed by atoms with van der Waals surface area (Å²) in [6, 6.07) is 5.55. The molecule has 0 aromatic heterocycles. The van der Waals surface area contributed by atoms with Crippen molar-refractivity contribution in [3.8, 4) is 0 Å². The first-order valence-corrected chi connectivity index (χ1v) is 6.01. The Bertz CT molecular complexity index is 434. The van der Waals surface area contributed by atoms with E-state index < -0.39 is 12.8 Å². The molecule has 106 valence electrons. The van der Waals surface area contributed by atoms with E-state index in [1.54, 1.807) is 7.05 Å². The van der Waals surface area contributed by atoms with Gasteiger partial charge in [-0.2, -0.15) is 13.2 Å². The van der Waals surface area contributed by atoms with Gasteiger partial charge in [-0.05, 0) is 23.7 Å². The summed E-state index contributed by atoms with van der Waals surface area (Å²) in [5.74, 6) is 0. The fraction of sp³-hybridized carbons (Fsp3) is 0.538. The molecule has 1 aliphatic heterocycles. The molecule has 1 aliphatic rings. The number of rotatable bonds is 5. The van der Waals surface area contributed by atoms with Crippen molar-refractivity contribution in [1.29, 1.82) is 0 Å². The lowest BCUT2D eigenvalue weighted by Crippen LogP contribution is -2.25. The van der Waals surface area contributed by atoms with Gasteiger partial charge in [0.05, 0.1) is 25.9 Å². The third-order valence-corrected chi connectivity index (χ3v) is 3.05. The third kappa shape index (κ3) is 3.92. The van der Waals surface area contributed by atoms with Crippen LogP contribution in [-0.4, -0.2) is 26.4 Å². The molecular weight excluding hydrogens is 259 g/mol. The van der Waals surface area contributed by atoms with Crippen LogP contribution in [0.4, 0.5) is 13.2 Å². The molecule has 3 nitrogen and oxygen atoms in total. The van der Waals surface area contributed by atoms with Gasteiger partial charge in [0, 0.05) is 0 Å². The Kier molecular flexibility index (Phi) is 4.44. The Balaban J connectivity index is 1.97. The average Bonchev–Trinajstić information content (AvgIpc) is 2.80. The van der Waals surface area contributed by atoms with E-state index in [0.29, 0.717) is 13.2 Å². The van der Waals surface area contributed by atoms with Gasteiger partial charge < -0.3 is 14.8 Å². The van der Waals surface area contributed by atoms with Gasteiger partial charge in [-0.15, -0.1) is 0 Å². The van der Waals surface area contributed by atoms with Crippen molar-refractivity contribution in [2.45, 2.75) is 25.4 Å². The number of alkyl halides is 3. The fourth-order valence-electron chi connectivity index (χ4n) is 2.05. The van der Waals surface area contributed by atoms with Crippen LogP contribution in [0.25, 0.3) is 0 Å². The van der Waals surface area contributed by atoms with Crippen LogP contribution in [-0.2, 0) is 22.7 Å². The Morgan fingerprint density at radius 3 is 2.74 bits per heavy atom.